The van der Waals surface area contributed by atoms with Crippen molar-refractivity contribution in [2.45, 2.75) is 25.6 Å². The van der Waals surface area contributed by atoms with Gasteiger partial charge in [0.2, 0.25) is 5.91 Å². The third-order valence-electron chi connectivity index (χ3n) is 5.00. The molecule has 6 heteroatoms. The molecule has 4 rings (SSSR count). The molecular weight excluding hydrogens is 398 g/mol. The van der Waals surface area contributed by atoms with E-state index in [1.807, 2.05) is 71.3 Å². The van der Waals surface area contributed by atoms with Gasteiger partial charge in [-0.2, -0.15) is 0 Å². The Morgan fingerprint density at radius 3 is 2.47 bits per heavy atom. The molecule has 30 heavy (non-hydrogen) atoms. The molecular formula is C24H22ClN3O2. The third-order valence-corrected chi connectivity index (χ3v) is 5.25. The fourth-order valence-corrected chi connectivity index (χ4v) is 3.55. The van der Waals surface area contributed by atoms with Gasteiger partial charge in [-0.3, -0.25) is 4.79 Å². The number of carbonyl (C=O) groups excluding carboxylic acids is 1. The van der Waals surface area contributed by atoms with Crippen LogP contribution in [-0.2, 0) is 24.3 Å². The minimum Gasteiger partial charge on any atom is -0.387 e. The maximum absolute atomic E-state index is 12.6. The van der Waals surface area contributed by atoms with Crippen LogP contribution < -0.4 is 5.32 Å². The standard InChI is InChI=1S/C24H22ClN3O2/c25-19-12-10-17(11-13-19)15-26-24(30)14-23-27-20-8-4-5-9-21(20)28(23)16-22(29)18-6-2-1-3-7-18/h1-13,22,29H,14-16H2,(H,26,30)/t22-/m0/s1. The molecule has 1 atom stereocenters. The van der Waals surface area contributed by atoms with Crippen LogP contribution in [0.15, 0.2) is 78.9 Å². The number of aromatic nitrogens is 2. The van der Waals surface area contributed by atoms with E-state index in [0.717, 1.165) is 22.2 Å². The Balaban J connectivity index is 1.52. The maximum atomic E-state index is 12.6. The maximum Gasteiger partial charge on any atom is 0.227 e. The van der Waals surface area contributed by atoms with Crippen molar-refractivity contribution in [1.29, 1.82) is 0 Å². The molecule has 0 aliphatic heterocycles. The Morgan fingerprint density at radius 2 is 1.70 bits per heavy atom. The van der Waals surface area contributed by atoms with E-state index in [9.17, 15) is 9.90 Å². The van der Waals surface area contributed by atoms with Crippen molar-refractivity contribution >= 4 is 28.5 Å². The van der Waals surface area contributed by atoms with E-state index in [1.165, 1.54) is 0 Å². The molecule has 0 saturated carbocycles. The van der Waals surface area contributed by atoms with Crippen LogP contribution in [0.5, 0.6) is 0 Å². The molecule has 0 radical (unpaired) electrons. The third kappa shape index (κ3) is 4.70. The zero-order chi connectivity index (χ0) is 20.9. The van der Waals surface area contributed by atoms with Crippen molar-refractivity contribution < 1.29 is 9.90 Å². The molecule has 1 heterocycles. The second kappa shape index (κ2) is 9.11. The summed E-state index contributed by atoms with van der Waals surface area (Å²) >= 11 is 5.90. The van der Waals surface area contributed by atoms with E-state index in [1.54, 1.807) is 12.1 Å². The van der Waals surface area contributed by atoms with Crippen molar-refractivity contribution in [3.05, 3.63) is 101 Å². The van der Waals surface area contributed by atoms with Gasteiger partial charge in [0.25, 0.3) is 0 Å². The number of hydrogen-bond donors (Lipinski definition) is 2. The second-order valence-corrected chi connectivity index (χ2v) is 7.57. The molecule has 0 spiro atoms. The second-order valence-electron chi connectivity index (χ2n) is 7.13. The lowest BCUT2D eigenvalue weighted by atomic mass is 10.1. The lowest BCUT2D eigenvalue weighted by Crippen LogP contribution is -2.26. The van der Waals surface area contributed by atoms with E-state index in [4.69, 9.17) is 11.6 Å². The van der Waals surface area contributed by atoms with Crippen LogP contribution >= 0.6 is 11.6 Å². The highest BCUT2D eigenvalue weighted by Gasteiger charge is 2.17. The smallest absolute Gasteiger partial charge is 0.227 e. The van der Waals surface area contributed by atoms with Gasteiger partial charge >= 0.3 is 0 Å². The molecule has 0 aliphatic rings. The number of para-hydroxylation sites is 2. The highest BCUT2D eigenvalue weighted by Crippen LogP contribution is 2.22. The van der Waals surface area contributed by atoms with E-state index >= 15 is 0 Å². The van der Waals surface area contributed by atoms with Crippen molar-refractivity contribution in [2.75, 3.05) is 0 Å². The summed E-state index contributed by atoms with van der Waals surface area (Å²) in [4.78, 5) is 17.2. The summed E-state index contributed by atoms with van der Waals surface area (Å²) in [5.74, 6) is 0.496. The van der Waals surface area contributed by atoms with Crippen LogP contribution in [0, 0.1) is 0 Å². The largest absolute Gasteiger partial charge is 0.387 e. The normalized spacial score (nSPS) is 12.1. The van der Waals surface area contributed by atoms with Gasteiger partial charge in [-0.1, -0.05) is 66.2 Å². The Bertz CT molecular complexity index is 1140. The number of nitrogens with zero attached hydrogens (tertiary/aromatic N) is 2. The van der Waals surface area contributed by atoms with Crippen LogP contribution in [-0.4, -0.2) is 20.6 Å². The number of carbonyl (C=O) groups is 1. The molecule has 5 nitrogen and oxygen atoms in total. The highest BCUT2D eigenvalue weighted by atomic mass is 35.5. The van der Waals surface area contributed by atoms with Crippen LogP contribution in [0.2, 0.25) is 5.02 Å². The van der Waals surface area contributed by atoms with Crippen LogP contribution in [0.3, 0.4) is 0 Å². The van der Waals surface area contributed by atoms with Gasteiger partial charge in [0.15, 0.2) is 0 Å². The number of fused-ring (bicyclic) bond motifs is 1. The first kappa shape index (κ1) is 20.1. The average Bonchev–Trinajstić information content (AvgIpc) is 3.11. The molecule has 1 aromatic heterocycles. The number of benzene rings is 3. The predicted octanol–water partition coefficient (Wildman–Crippen LogP) is 4.28. The Labute approximate surface area is 179 Å². The number of imidazole rings is 1. The topological polar surface area (TPSA) is 67.2 Å². The molecule has 152 valence electrons. The minimum atomic E-state index is -0.695. The van der Waals surface area contributed by atoms with Crippen molar-refractivity contribution in [2.24, 2.45) is 0 Å². The summed E-state index contributed by atoms with van der Waals surface area (Å²) in [6.45, 7) is 0.743. The number of halogens is 1. The number of hydrogen-bond acceptors (Lipinski definition) is 3. The molecule has 1 amide bonds. The molecule has 4 aromatic rings. The summed E-state index contributed by atoms with van der Waals surface area (Å²) in [7, 11) is 0. The van der Waals surface area contributed by atoms with Crippen LogP contribution in [0.1, 0.15) is 23.1 Å². The first-order chi connectivity index (χ1) is 14.6. The molecule has 0 unspecified atom stereocenters. The average molecular weight is 420 g/mol. The SMILES string of the molecule is O=C(Cc1nc2ccccc2n1C[C@H](O)c1ccccc1)NCc1ccc(Cl)cc1. The van der Waals surface area contributed by atoms with Crippen molar-refractivity contribution in [1.82, 2.24) is 14.9 Å². The van der Waals surface area contributed by atoms with Gasteiger partial charge in [0.1, 0.15) is 5.82 Å². The van der Waals surface area contributed by atoms with E-state index < -0.39 is 6.10 Å². The Morgan fingerprint density at radius 1 is 1.00 bits per heavy atom. The van der Waals surface area contributed by atoms with E-state index in [2.05, 4.69) is 10.3 Å². The molecule has 3 aromatic carbocycles. The van der Waals surface area contributed by atoms with Gasteiger partial charge in [-0.05, 0) is 35.4 Å². The Hall–Kier alpha value is -3.15. The zero-order valence-corrected chi connectivity index (χ0v) is 17.1. The summed E-state index contributed by atoms with van der Waals surface area (Å²) in [5.41, 5.74) is 3.50. The van der Waals surface area contributed by atoms with Crippen molar-refractivity contribution in [3.8, 4) is 0 Å². The number of rotatable bonds is 7. The lowest BCUT2D eigenvalue weighted by molar-refractivity contribution is -0.120. The number of amides is 1. The van der Waals surface area contributed by atoms with E-state index in [0.29, 0.717) is 23.9 Å². The molecule has 0 saturated heterocycles. The summed E-state index contributed by atoms with van der Waals surface area (Å²) in [5, 5.41) is 14.3. The lowest BCUT2D eigenvalue weighted by Gasteiger charge is -2.15. The quantitative estimate of drug-likeness (QED) is 0.469. The first-order valence-corrected chi connectivity index (χ1v) is 10.2. The first-order valence-electron chi connectivity index (χ1n) is 9.78. The molecule has 0 aliphatic carbocycles. The molecule has 0 fully saturated rings. The van der Waals surface area contributed by atoms with Gasteiger partial charge < -0.3 is 15.0 Å². The number of aliphatic hydroxyl groups excluding tert-OH is 1. The summed E-state index contributed by atoms with van der Waals surface area (Å²) in [6, 6.07) is 24.6. The van der Waals surface area contributed by atoms with Crippen molar-refractivity contribution in [3.63, 3.8) is 0 Å². The monoisotopic (exact) mass is 419 g/mol. The highest BCUT2D eigenvalue weighted by molar-refractivity contribution is 6.30. The molecule has 0 bridgehead atoms. The summed E-state index contributed by atoms with van der Waals surface area (Å²) < 4.78 is 1.93. The van der Waals surface area contributed by atoms with Gasteiger partial charge in [0, 0.05) is 11.6 Å². The van der Waals surface area contributed by atoms with Crippen LogP contribution in [0.4, 0.5) is 0 Å². The predicted molar refractivity (Wildman–Crippen MR) is 118 cm³/mol. The van der Waals surface area contributed by atoms with Gasteiger partial charge in [0.05, 0.1) is 30.1 Å². The fraction of sp³-hybridized carbons (Fsp3) is 0.167. The molecule has 2 N–H and O–H groups in total. The van der Waals surface area contributed by atoms with Gasteiger partial charge in [-0.15, -0.1) is 0 Å². The summed E-state index contributed by atoms with van der Waals surface area (Å²) in [6.07, 6.45) is -0.566. The Kier molecular flexibility index (Phi) is 6.12. The number of aliphatic hydroxyl groups is 1. The minimum absolute atomic E-state index is 0.129. The van der Waals surface area contributed by atoms with E-state index in [-0.39, 0.29) is 12.3 Å². The zero-order valence-electron chi connectivity index (χ0n) is 16.3. The van der Waals surface area contributed by atoms with Crippen LogP contribution in [0.25, 0.3) is 11.0 Å². The fourth-order valence-electron chi connectivity index (χ4n) is 3.43. The number of nitrogens with one attached hydrogen (secondary N) is 1. The van der Waals surface area contributed by atoms with Gasteiger partial charge in [-0.25, -0.2) is 4.98 Å².